The van der Waals surface area contributed by atoms with E-state index in [9.17, 15) is 9.18 Å². The fourth-order valence-corrected chi connectivity index (χ4v) is 2.67. The second-order valence-electron chi connectivity index (χ2n) is 6.05. The molecule has 0 aliphatic carbocycles. The molecule has 1 aliphatic rings. The van der Waals surface area contributed by atoms with E-state index in [1.807, 2.05) is 18.7 Å². The summed E-state index contributed by atoms with van der Waals surface area (Å²) in [7, 11) is 0. The Morgan fingerprint density at radius 3 is 2.46 bits per heavy atom. The van der Waals surface area contributed by atoms with E-state index in [1.54, 1.807) is 25.1 Å². The molecule has 1 unspecified atom stereocenters. The fraction of sp³-hybridized carbons (Fsp3) is 0.556. The number of rotatable bonds is 5. The maximum Gasteiger partial charge on any atom is 0.219 e. The van der Waals surface area contributed by atoms with Crippen LogP contribution in [0.4, 0.5) is 4.39 Å². The molecule has 146 valence electrons. The zero-order valence-electron chi connectivity index (χ0n) is 15.6. The lowest BCUT2D eigenvalue weighted by Gasteiger charge is -2.36. The molecule has 1 atom stereocenters. The van der Waals surface area contributed by atoms with Crippen LogP contribution in [0.1, 0.15) is 20.8 Å². The van der Waals surface area contributed by atoms with Gasteiger partial charge in [0.05, 0.1) is 6.54 Å². The van der Waals surface area contributed by atoms with Crippen LogP contribution in [0, 0.1) is 5.82 Å². The largest absolute Gasteiger partial charge is 0.486 e. The van der Waals surface area contributed by atoms with Crippen molar-refractivity contribution >= 4 is 35.8 Å². The number of carbonyl (C=O) groups is 1. The van der Waals surface area contributed by atoms with Gasteiger partial charge in [-0.15, -0.1) is 24.0 Å². The van der Waals surface area contributed by atoms with Gasteiger partial charge < -0.3 is 19.9 Å². The Hall–Kier alpha value is -1.58. The predicted molar refractivity (Wildman–Crippen MR) is 112 cm³/mol. The second-order valence-corrected chi connectivity index (χ2v) is 6.05. The van der Waals surface area contributed by atoms with Crippen LogP contribution in [0.3, 0.4) is 0 Å². The fourth-order valence-electron chi connectivity index (χ4n) is 2.67. The summed E-state index contributed by atoms with van der Waals surface area (Å²) in [4.78, 5) is 20.0. The predicted octanol–water partition coefficient (Wildman–Crippen LogP) is 2.34. The summed E-state index contributed by atoms with van der Waals surface area (Å²) in [6.07, 6.45) is -0.246. The van der Waals surface area contributed by atoms with Gasteiger partial charge >= 0.3 is 0 Å². The average molecular weight is 478 g/mol. The third kappa shape index (κ3) is 6.62. The number of carbonyl (C=O) groups excluding carboxylic acids is 1. The van der Waals surface area contributed by atoms with Crippen molar-refractivity contribution in [1.82, 2.24) is 15.1 Å². The highest BCUT2D eigenvalue weighted by Gasteiger charge is 2.21. The van der Waals surface area contributed by atoms with Crippen molar-refractivity contribution in [3.63, 3.8) is 0 Å². The molecule has 1 fully saturated rings. The van der Waals surface area contributed by atoms with Crippen molar-refractivity contribution in [2.45, 2.75) is 26.9 Å². The number of nitrogens with one attached hydrogen (secondary N) is 1. The first-order chi connectivity index (χ1) is 12.0. The molecule has 0 saturated carbocycles. The van der Waals surface area contributed by atoms with Crippen LogP contribution in [0.5, 0.6) is 5.75 Å². The van der Waals surface area contributed by atoms with E-state index in [1.165, 1.54) is 6.07 Å². The van der Waals surface area contributed by atoms with Crippen LogP contribution in [-0.2, 0) is 4.79 Å². The van der Waals surface area contributed by atoms with Gasteiger partial charge in [-0.2, -0.15) is 0 Å². The number of aliphatic imine (C=N–C) groups is 1. The van der Waals surface area contributed by atoms with Gasteiger partial charge in [0.15, 0.2) is 17.5 Å². The van der Waals surface area contributed by atoms with Crippen molar-refractivity contribution in [1.29, 1.82) is 0 Å². The van der Waals surface area contributed by atoms with Crippen molar-refractivity contribution in [3.05, 3.63) is 30.1 Å². The Bertz CT molecular complexity index is 607. The second kappa shape index (κ2) is 11.2. The summed E-state index contributed by atoms with van der Waals surface area (Å²) in [5.41, 5.74) is 0. The number of nitrogens with zero attached hydrogens (tertiary/aromatic N) is 3. The van der Waals surface area contributed by atoms with Gasteiger partial charge in [-0.3, -0.25) is 4.79 Å². The zero-order chi connectivity index (χ0) is 18.2. The van der Waals surface area contributed by atoms with Crippen molar-refractivity contribution in [3.8, 4) is 5.75 Å². The molecule has 1 N–H and O–H groups in total. The number of guanidine groups is 1. The van der Waals surface area contributed by atoms with E-state index in [4.69, 9.17) is 4.74 Å². The molecule has 0 radical (unpaired) electrons. The van der Waals surface area contributed by atoms with Gasteiger partial charge in [0.2, 0.25) is 5.91 Å². The number of hydrogen-bond acceptors (Lipinski definition) is 3. The summed E-state index contributed by atoms with van der Waals surface area (Å²) >= 11 is 0. The van der Waals surface area contributed by atoms with E-state index in [0.717, 1.165) is 25.6 Å². The van der Waals surface area contributed by atoms with Gasteiger partial charge in [-0.1, -0.05) is 12.1 Å². The minimum Gasteiger partial charge on any atom is -0.486 e. The number of hydrogen-bond donors (Lipinski definition) is 1. The first-order valence-corrected chi connectivity index (χ1v) is 8.71. The van der Waals surface area contributed by atoms with Crippen molar-refractivity contribution in [2.75, 3.05) is 39.3 Å². The molecule has 1 heterocycles. The molecular weight excluding hydrogens is 450 g/mol. The van der Waals surface area contributed by atoms with Gasteiger partial charge in [-0.05, 0) is 26.0 Å². The number of benzene rings is 1. The van der Waals surface area contributed by atoms with E-state index in [0.29, 0.717) is 19.6 Å². The van der Waals surface area contributed by atoms with Crippen LogP contribution in [0.2, 0.25) is 0 Å². The highest BCUT2D eigenvalue weighted by atomic mass is 127. The molecule has 26 heavy (non-hydrogen) atoms. The molecule has 6 nitrogen and oxygen atoms in total. The van der Waals surface area contributed by atoms with Crippen LogP contribution in [0.15, 0.2) is 29.3 Å². The quantitative estimate of drug-likeness (QED) is 0.401. The van der Waals surface area contributed by atoms with Crippen LogP contribution in [0.25, 0.3) is 0 Å². The Morgan fingerprint density at radius 2 is 1.88 bits per heavy atom. The molecule has 8 heteroatoms. The lowest BCUT2D eigenvalue weighted by molar-refractivity contribution is -0.130. The third-order valence-corrected chi connectivity index (χ3v) is 4.02. The Morgan fingerprint density at radius 1 is 1.27 bits per heavy atom. The Kier molecular flexibility index (Phi) is 9.68. The van der Waals surface area contributed by atoms with E-state index in [-0.39, 0.29) is 47.6 Å². The van der Waals surface area contributed by atoms with Crippen LogP contribution in [-0.4, -0.2) is 67.0 Å². The maximum atomic E-state index is 13.6. The van der Waals surface area contributed by atoms with E-state index >= 15 is 0 Å². The van der Waals surface area contributed by atoms with Crippen molar-refractivity contribution < 1.29 is 13.9 Å². The molecular formula is C18H28FIN4O2. The molecule has 1 saturated heterocycles. The number of piperazine rings is 1. The summed E-state index contributed by atoms with van der Waals surface area (Å²) in [6, 6.07) is 6.37. The SMILES string of the molecule is CCNC(=NCC(C)Oc1ccccc1F)N1CCN(C(C)=O)CC1.I. The van der Waals surface area contributed by atoms with Gasteiger partial charge in [-0.25, -0.2) is 9.38 Å². The van der Waals surface area contributed by atoms with Crippen LogP contribution >= 0.6 is 24.0 Å². The van der Waals surface area contributed by atoms with Gasteiger partial charge in [0, 0.05) is 39.6 Å². The molecule has 1 aromatic rings. The molecule has 0 bridgehead atoms. The third-order valence-electron chi connectivity index (χ3n) is 4.02. The van der Waals surface area contributed by atoms with Gasteiger partial charge in [0.1, 0.15) is 6.10 Å². The average Bonchev–Trinajstić information content (AvgIpc) is 2.60. The summed E-state index contributed by atoms with van der Waals surface area (Å²) in [5, 5.41) is 3.27. The lowest BCUT2D eigenvalue weighted by atomic mass is 10.3. The first kappa shape index (κ1) is 22.5. The topological polar surface area (TPSA) is 57.2 Å². The standard InChI is InChI=1S/C18H27FN4O2.HI/c1-4-20-18(23-11-9-22(10-12-23)15(3)24)21-13-14(2)25-17-8-6-5-7-16(17)19;/h5-8,14H,4,9-13H2,1-3H3,(H,20,21);1H. The highest BCUT2D eigenvalue weighted by Crippen LogP contribution is 2.17. The molecule has 2 rings (SSSR count). The number of ether oxygens (including phenoxy) is 1. The number of amides is 1. The summed E-state index contributed by atoms with van der Waals surface area (Å²) < 4.78 is 19.3. The number of halogens is 2. The lowest BCUT2D eigenvalue weighted by Crippen LogP contribution is -2.53. The summed E-state index contributed by atoms with van der Waals surface area (Å²) in [6.45, 7) is 9.53. The normalized spacial score (nSPS) is 15.9. The molecule has 0 aromatic heterocycles. The smallest absolute Gasteiger partial charge is 0.219 e. The summed E-state index contributed by atoms with van der Waals surface area (Å²) in [5.74, 6) is 0.777. The van der Waals surface area contributed by atoms with Gasteiger partial charge in [0.25, 0.3) is 0 Å². The Balaban J connectivity index is 0.00000338. The maximum absolute atomic E-state index is 13.6. The highest BCUT2D eigenvalue weighted by molar-refractivity contribution is 14.0. The molecule has 0 spiro atoms. The van der Waals surface area contributed by atoms with E-state index in [2.05, 4.69) is 15.2 Å². The number of para-hydroxylation sites is 1. The molecule has 1 aliphatic heterocycles. The molecule has 1 amide bonds. The van der Waals surface area contributed by atoms with E-state index < -0.39 is 0 Å². The van der Waals surface area contributed by atoms with Crippen molar-refractivity contribution in [2.24, 2.45) is 4.99 Å². The van der Waals surface area contributed by atoms with Crippen LogP contribution < -0.4 is 10.1 Å². The zero-order valence-corrected chi connectivity index (χ0v) is 17.9. The minimum atomic E-state index is -0.370. The minimum absolute atomic E-state index is 0. The molecule has 1 aromatic carbocycles. The first-order valence-electron chi connectivity index (χ1n) is 8.71. The Labute approximate surface area is 171 Å². The monoisotopic (exact) mass is 478 g/mol.